The second kappa shape index (κ2) is 8.23. The first-order valence-electron chi connectivity index (χ1n) is 6.25. The minimum atomic E-state index is -0.443. The maximum Gasteiger partial charge on any atom is 0.269 e. The zero-order valence-electron chi connectivity index (χ0n) is 11.6. The number of non-ortho nitro benzene ring substituents is 1. The number of hydrogen-bond donors (Lipinski definition) is 2. The van der Waals surface area contributed by atoms with Crippen LogP contribution in [0.15, 0.2) is 24.3 Å². The lowest BCUT2D eigenvalue weighted by molar-refractivity contribution is -0.384. The molecule has 20 heavy (non-hydrogen) atoms. The molecule has 0 saturated heterocycles. The zero-order valence-corrected chi connectivity index (χ0v) is 11.6. The Morgan fingerprint density at radius 2 is 2.05 bits per heavy atom. The summed E-state index contributed by atoms with van der Waals surface area (Å²) in [7, 11) is 1.58. The smallest absolute Gasteiger partial charge is 0.269 e. The molecular formula is C13H19N3O4. The van der Waals surface area contributed by atoms with Crippen LogP contribution in [0.1, 0.15) is 12.5 Å². The highest BCUT2D eigenvalue weighted by Crippen LogP contribution is 2.11. The zero-order chi connectivity index (χ0) is 15.0. The number of nitro benzene ring substituents is 1. The Balaban J connectivity index is 2.30. The van der Waals surface area contributed by atoms with Crippen LogP contribution in [-0.4, -0.2) is 37.1 Å². The summed E-state index contributed by atoms with van der Waals surface area (Å²) in [6.07, 6.45) is 0. The number of hydrogen-bond acceptors (Lipinski definition) is 5. The molecule has 0 aliphatic carbocycles. The Kier molecular flexibility index (Phi) is 6.61. The van der Waals surface area contributed by atoms with Crippen molar-refractivity contribution in [3.63, 3.8) is 0 Å². The van der Waals surface area contributed by atoms with Crippen LogP contribution < -0.4 is 10.6 Å². The Morgan fingerprint density at radius 1 is 1.40 bits per heavy atom. The van der Waals surface area contributed by atoms with Crippen LogP contribution in [0, 0.1) is 10.1 Å². The second-order valence-corrected chi connectivity index (χ2v) is 4.45. The van der Waals surface area contributed by atoms with Gasteiger partial charge in [0.1, 0.15) is 0 Å². The van der Waals surface area contributed by atoms with Gasteiger partial charge in [-0.2, -0.15) is 0 Å². The van der Waals surface area contributed by atoms with E-state index in [0.717, 1.165) is 5.56 Å². The van der Waals surface area contributed by atoms with Crippen LogP contribution >= 0.6 is 0 Å². The van der Waals surface area contributed by atoms with Gasteiger partial charge in [0.15, 0.2) is 0 Å². The van der Waals surface area contributed by atoms with Gasteiger partial charge >= 0.3 is 0 Å². The molecule has 1 aromatic carbocycles. The number of nitro groups is 1. The van der Waals surface area contributed by atoms with E-state index in [1.165, 1.54) is 12.1 Å². The molecule has 7 nitrogen and oxygen atoms in total. The number of methoxy groups -OCH3 is 1. The van der Waals surface area contributed by atoms with Crippen LogP contribution in [-0.2, 0) is 16.1 Å². The van der Waals surface area contributed by atoms with Gasteiger partial charge in [-0.05, 0) is 12.5 Å². The van der Waals surface area contributed by atoms with Gasteiger partial charge in [-0.3, -0.25) is 14.9 Å². The van der Waals surface area contributed by atoms with E-state index in [9.17, 15) is 14.9 Å². The first kappa shape index (κ1) is 16.1. The molecule has 1 rings (SSSR count). The van der Waals surface area contributed by atoms with Crippen molar-refractivity contribution in [3.8, 4) is 0 Å². The van der Waals surface area contributed by atoms with E-state index < -0.39 is 4.92 Å². The Hall–Kier alpha value is -1.99. The first-order valence-corrected chi connectivity index (χ1v) is 6.25. The van der Waals surface area contributed by atoms with Crippen molar-refractivity contribution in [2.24, 2.45) is 0 Å². The molecule has 0 radical (unpaired) electrons. The molecule has 2 N–H and O–H groups in total. The number of ether oxygens (including phenoxy) is 1. The third-order valence-corrected chi connectivity index (χ3v) is 2.59. The van der Waals surface area contributed by atoms with Crippen molar-refractivity contribution < 1.29 is 14.5 Å². The summed E-state index contributed by atoms with van der Waals surface area (Å²) in [6, 6.07) is 6.18. The third kappa shape index (κ3) is 5.77. The topological polar surface area (TPSA) is 93.5 Å². The van der Waals surface area contributed by atoms with E-state index in [1.807, 2.05) is 6.92 Å². The van der Waals surface area contributed by atoms with Crippen molar-refractivity contribution >= 4 is 11.6 Å². The van der Waals surface area contributed by atoms with Gasteiger partial charge in [-0.25, -0.2) is 0 Å². The minimum absolute atomic E-state index is 0.0336. The average molecular weight is 281 g/mol. The van der Waals surface area contributed by atoms with Crippen molar-refractivity contribution in [3.05, 3.63) is 39.9 Å². The number of nitrogens with zero attached hydrogens (tertiary/aromatic N) is 1. The van der Waals surface area contributed by atoms with E-state index in [2.05, 4.69) is 10.6 Å². The Labute approximate surface area is 117 Å². The maximum atomic E-state index is 11.5. The predicted octanol–water partition coefficient (Wildman–Crippen LogP) is 0.836. The largest absolute Gasteiger partial charge is 0.383 e. The molecule has 7 heteroatoms. The number of carbonyl (C=O) groups excluding carboxylic acids is 1. The fourth-order valence-electron chi connectivity index (χ4n) is 1.67. The lowest BCUT2D eigenvalue weighted by Gasteiger charge is -2.13. The lowest BCUT2D eigenvalue weighted by Crippen LogP contribution is -2.40. The molecule has 110 valence electrons. The summed E-state index contributed by atoms with van der Waals surface area (Å²) in [5, 5.41) is 16.2. The van der Waals surface area contributed by atoms with Crippen LogP contribution in [0.5, 0.6) is 0 Å². The molecule has 0 aliphatic heterocycles. The summed E-state index contributed by atoms with van der Waals surface area (Å²) in [6.45, 7) is 2.99. The fourth-order valence-corrected chi connectivity index (χ4v) is 1.67. The molecule has 1 aromatic rings. The van der Waals surface area contributed by atoms with Gasteiger partial charge < -0.3 is 15.4 Å². The van der Waals surface area contributed by atoms with Gasteiger partial charge in [0.25, 0.3) is 5.69 Å². The van der Waals surface area contributed by atoms with Crippen molar-refractivity contribution in [2.75, 3.05) is 20.3 Å². The number of amides is 1. The quantitative estimate of drug-likeness (QED) is 0.544. The van der Waals surface area contributed by atoms with Gasteiger partial charge in [0, 0.05) is 31.8 Å². The molecule has 0 bridgehead atoms. The number of benzene rings is 1. The molecule has 1 amide bonds. The average Bonchev–Trinajstić information content (AvgIpc) is 2.39. The Morgan fingerprint density at radius 3 is 2.60 bits per heavy atom. The van der Waals surface area contributed by atoms with Crippen LogP contribution in [0.4, 0.5) is 5.69 Å². The molecule has 0 aliphatic rings. The standard InChI is InChI=1S/C13H19N3O4/c1-10(9-20-2)15-13(17)8-14-7-11-3-5-12(6-4-11)16(18)19/h3-6,10,14H,7-9H2,1-2H3,(H,15,17). The predicted molar refractivity (Wildman–Crippen MR) is 74.3 cm³/mol. The normalized spacial score (nSPS) is 11.9. The van der Waals surface area contributed by atoms with Crippen molar-refractivity contribution in [2.45, 2.75) is 19.5 Å². The van der Waals surface area contributed by atoms with Crippen LogP contribution in [0.25, 0.3) is 0 Å². The maximum absolute atomic E-state index is 11.5. The highest BCUT2D eigenvalue weighted by atomic mass is 16.6. The molecule has 1 unspecified atom stereocenters. The van der Waals surface area contributed by atoms with E-state index in [-0.39, 0.29) is 24.2 Å². The first-order chi connectivity index (χ1) is 9.52. The van der Waals surface area contributed by atoms with Crippen LogP contribution in [0.3, 0.4) is 0 Å². The van der Waals surface area contributed by atoms with Crippen molar-refractivity contribution in [1.82, 2.24) is 10.6 Å². The van der Waals surface area contributed by atoms with E-state index in [0.29, 0.717) is 13.2 Å². The molecular weight excluding hydrogens is 262 g/mol. The summed E-state index contributed by atoms with van der Waals surface area (Å²) < 4.78 is 4.92. The molecule has 0 spiro atoms. The van der Waals surface area contributed by atoms with Gasteiger partial charge in [-0.1, -0.05) is 12.1 Å². The minimum Gasteiger partial charge on any atom is -0.383 e. The monoisotopic (exact) mass is 281 g/mol. The molecule has 1 atom stereocenters. The molecule has 0 fully saturated rings. The Bertz CT molecular complexity index is 447. The SMILES string of the molecule is COCC(C)NC(=O)CNCc1ccc([N+](=O)[O-])cc1. The summed E-state index contributed by atoms with van der Waals surface area (Å²) in [5.74, 6) is -0.114. The third-order valence-electron chi connectivity index (χ3n) is 2.59. The number of nitrogens with one attached hydrogen (secondary N) is 2. The van der Waals surface area contributed by atoms with E-state index in [4.69, 9.17) is 4.74 Å². The fraction of sp³-hybridized carbons (Fsp3) is 0.462. The van der Waals surface area contributed by atoms with E-state index >= 15 is 0 Å². The summed E-state index contributed by atoms with van der Waals surface area (Å²) >= 11 is 0. The van der Waals surface area contributed by atoms with Crippen LogP contribution in [0.2, 0.25) is 0 Å². The highest BCUT2D eigenvalue weighted by Gasteiger charge is 2.07. The van der Waals surface area contributed by atoms with Gasteiger partial charge in [-0.15, -0.1) is 0 Å². The number of carbonyl (C=O) groups is 1. The molecule has 0 aromatic heterocycles. The number of rotatable bonds is 8. The molecule has 0 saturated carbocycles. The summed E-state index contributed by atoms with van der Waals surface area (Å²) in [4.78, 5) is 21.6. The second-order valence-electron chi connectivity index (χ2n) is 4.45. The lowest BCUT2D eigenvalue weighted by atomic mass is 10.2. The molecule has 0 heterocycles. The van der Waals surface area contributed by atoms with Crippen molar-refractivity contribution in [1.29, 1.82) is 0 Å². The van der Waals surface area contributed by atoms with Gasteiger partial charge in [0.2, 0.25) is 5.91 Å². The summed E-state index contributed by atoms with van der Waals surface area (Å²) in [5.41, 5.74) is 0.938. The highest BCUT2D eigenvalue weighted by molar-refractivity contribution is 5.78. The van der Waals surface area contributed by atoms with Gasteiger partial charge in [0.05, 0.1) is 18.1 Å². The van der Waals surface area contributed by atoms with E-state index in [1.54, 1.807) is 19.2 Å².